The van der Waals surface area contributed by atoms with Crippen LogP contribution in [0.3, 0.4) is 0 Å². The lowest BCUT2D eigenvalue weighted by Crippen LogP contribution is -2.46. The van der Waals surface area contributed by atoms with E-state index in [4.69, 9.17) is 9.47 Å². The number of aliphatic hydroxyl groups excluding tert-OH is 1. The van der Waals surface area contributed by atoms with Gasteiger partial charge < -0.3 is 14.6 Å². The standard InChI is InChI=1S/C24H46O8S/c1-3-5-7-9-11-13-15-17-19-31-23(26)21(25)22(33(28,29)30)24(27)32-20-18-16-14-12-10-8-6-4-2/h21-22,25H,3-20H2,1-2H3,(H,28,29,30). The molecule has 2 unspecified atom stereocenters. The topological polar surface area (TPSA) is 127 Å². The zero-order chi connectivity index (χ0) is 25.0. The Morgan fingerprint density at radius 1 is 0.636 bits per heavy atom. The van der Waals surface area contributed by atoms with Crippen LogP contribution in [0.2, 0.25) is 0 Å². The molecule has 0 aliphatic rings. The van der Waals surface area contributed by atoms with Gasteiger partial charge in [-0.15, -0.1) is 0 Å². The minimum atomic E-state index is -5.04. The third-order valence-electron chi connectivity index (χ3n) is 5.57. The fourth-order valence-corrected chi connectivity index (χ4v) is 4.27. The summed E-state index contributed by atoms with van der Waals surface area (Å²) in [6, 6.07) is 0. The number of carbonyl (C=O) groups excluding carboxylic acids is 2. The Balaban J connectivity index is 4.23. The van der Waals surface area contributed by atoms with E-state index in [0.717, 1.165) is 44.9 Å². The summed E-state index contributed by atoms with van der Waals surface area (Å²) in [5, 5.41) is 7.63. The second-order valence-corrected chi connectivity index (χ2v) is 10.2. The summed E-state index contributed by atoms with van der Waals surface area (Å²) in [6.45, 7) is 4.28. The highest BCUT2D eigenvalue weighted by Crippen LogP contribution is 2.13. The molecule has 0 spiro atoms. The van der Waals surface area contributed by atoms with Gasteiger partial charge in [-0.05, 0) is 12.8 Å². The molecule has 196 valence electrons. The van der Waals surface area contributed by atoms with E-state index in [0.29, 0.717) is 12.8 Å². The fourth-order valence-electron chi connectivity index (χ4n) is 3.52. The van der Waals surface area contributed by atoms with Gasteiger partial charge in [0.25, 0.3) is 10.1 Å². The normalized spacial score (nSPS) is 13.5. The van der Waals surface area contributed by atoms with Gasteiger partial charge in [0, 0.05) is 0 Å². The van der Waals surface area contributed by atoms with E-state index in [1.54, 1.807) is 0 Å². The molecule has 0 saturated heterocycles. The quantitative estimate of drug-likeness (QED) is 0.123. The predicted octanol–water partition coefficient (Wildman–Crippen LogP) is 4.97. The van der Waals surface area contributed by atoms with Crippen molar-refractivity contribution in [3.63, 3.8) is 0 Å². The van der Waals surface area contributed by atoms with E-state index in [9.17, 15) is 27.7 Å². The minimum Gasteiger partial charge on any atom is -0.465 e. The zero-order valence-electron chi connectivity index (χ0n) is 20.6. The molecule has 0 heterocycles. The van der Waals surface area contributed by atoms with Crippen molar-refractivity contribution in [2.24, 2.45) is 0 Å². The maximum absolute atomic E-state index is 12.1. The van der Waals surface area contributed by atoms with Crippen molar-refractivity contribution in [2.45, 2.75) is 128 Å². The van der Waals surface area contributed by atoms with Gasteiger partial charge in [-0.25, -0.2) is 4.79 Å². The molecular weight excluding hydrogens is 448 g/mol. The molecule has 0 amide bonds. The van der Waals surface area contributed by atoms with Gasteiger partial charge in [-0.1, -0.05) is 104 Å². The fraction of sp³-hybridized carbons (Fsp3) is 0.917. The first kappa shape index (κ1) is 31.8. The van der Waals surface area contributed by atoms with E-state index in [1.807, 2.05) is 0 Å². The number of unbranched alkanes of at least 4 members (excludes halogenated alkanes) is 14. The highest BCUT2D eigenvalue weighted by Gasteiger charge is 2.44. The number of carbonyl (C=O) groups is 2. The van der Waals surface area contributed by atoms with Gasteiger partial charge in [0.1, 0.15) is 0 Å². The molecule has 8 nitrogen and oxygen atoms in total. The smallest absolute Gasteiger partial charge is 0.337 e. The number of hydrogen-bond donors (Lipinski definition) is 2. The summed E-state index contributed by atoms with van der Waals surface area (Å²) in [6.07, 6.45) is 14.2. The molecule has 0 saturated carbocycles. The molecule has 33 heavy (non-hydrogen) atoms. The Labute approximate surface area is 200 Å². The summed E-state index contributed by atoms with van der Waals surface area (Å²) in [7, 11) is -5.04. The van der Waals surface area contributed by atoms with Crippen LogP contribution in [0.25, 0.3) is 0 Å². The number of esters is 2. The average molecular weight is 495 g/mol. The first-order valence-electron chi connectivity index (χ1n) is 12.7. The SMILES string of the molecule is CCCCCCCCCCOC(=O)C(O)C(C(=O)OCCCCCCCCCC)S(=O)(=O)O. The summed E-state index contributed by atoms with van der Waals surface area (Å²) >= 11 is 0. The Morgan fingerprint density at radius 2 is 0.970 bits per heavy atom. The summed E-state index contributed by atoms with van der Waals surface area (Å²) in [4.78, 5) is 24.1. The van der Waals surface area contributed by atoms with Crippen molar-refractivity contribution in [2.75, 3.05) is 13.2 Å². The number of ether oxygens (including phenoxy) is 2. The maximum Gasteiger partial charge on any atom is 0.337 e. The van der Waals surface area contributed by atoms with Crippen molar-refractivity contribution < 1.29 is 37.1 Å². The molecule has 0 aromatic rings. The van der Waals surface area contributed by atoms with Crippen LogP contribution in [0.15, 0.2) is 0 Å². The monoisotopic (exact) mass is 494 g/mol. The number of aliphatic hydroxyl groups is 1. The van der Waals surface area contributed by atoms with Crippen LogP contribution in [0.4, 0.5) is 0 Å². The van der Waals surface area contributed by atoms with Gasteiger partial charge in [0.15, 0.2) is 6.10 Å². The summed E-state index contributed by atoms with van der Waals surface area (Å²) < 4.78 is 42.3. The van der Waals surface area contributed by atoms with Crippen LogP contribution in [0.1, 0.15) is 117 Å². The van der Waals surface area contributed by atoms with Crippen LogP contribution >= 0.6 is 0 Å². The Kier molecular flexibility index (Phi) is 19.5. The third-order valence-corrected chi connectivity index (χ3v) is 6.66. The van der Waals surface area contributed by atoms with Crippen LogP contribution in [0.5, 0.6) is 0 Å². The Hall–Kier alpha value is -1.19. The predicted molar refractivity (Wildman–Crippen MR) is 128 cm³/mol. The Morgan fingerprint density at radius 3 is 1.33 bits per heavy atom. The first-order chi connectivity index (χ1) is 15.8. The summed E-state index contributed by atoms with van der Waals surface area (Å²) in [5.74, 6) is -2.61. The van der Waals surface area contributed by atoms with E-state index in [1.165, 1.54) is 44.9 Å². The van der Waals surface area contributed by atoms with Crippen LogP contribution in [0, 0.1) is 0 Å². The molecule has 0 radical (unpaired) electrons. The first-order valence-corrected chi connectivity index (χ1v) is 14.2. The van der Waals surface area contributed by atoms with Gasteiger partial charge in [-0.2, -0.15) is 8.42 Å². The molecule has 0 rings (SSSR count). The molecule has 0 aliphatic carbocycles. The van der Waals surface area contributed by atoms with Crippen molar-refractivity contribution in [1.29, 1.82) is 0 Å². The number of hydrogen-bond acceptors (Lipinski definition) is 7. The van der Waals surface area contributed by atoms with Crippen molar-refractivity contribution in [1.82, 2.24) is 0 Å². The lowest BCUT2D eigenvalue weighted by atomic mass is 10.1. The van der Waals surface area contributed by atoms with E-state index < -0.39 is 33.4 Å². The van der Waals surface area contributed by atoms with E-state index in [-0.39, 0.29) is 13.2 Å². The van der Waals surface area contributed by atoms with Crippen LogP contribution in [-0.4, -0.2) is 54.6 Å². The van der Waals surface area contributed by atoms with Gasteiger partial charge >= 0.3 is 11.9 Å². The molecule has 2 atom stereocenters. The lowest BCUT2D eigenvalue weighted by Gasteiger charge is -2.18. The molecule has 0 aromatic carbocycles. The maximum atomic E-state index is 12.1. The van der Waals surface area contributed by atoms with Crippen molar-refractivity contribution in [3.8, 4) is 0 Å². The van der Waals surface area contributed by atoms with Gasteiger partial charge in [-0.3, -0.25) is 9.35 Å². The summed E-state index contributed by atoms with van der Waals surface area (Å²) in [5.41, 5.74) is 0. The highest BCUT2D eigenvalue weighted by molar-refractivity contribution is 7.87. The molecule has 0 aliphatic heterocycles. The molecular formula is C24H46O8S. The third kappa shape index (κ3) is 17.0. The van der Waals surface area contributed by atoms with E-state index in [2.05, 4.69) is 13.8 Å². The van der Waals surface area contributed by atoms with Crippen molar-refractivity contribution in [3.05, 3.63) is 0 Å². The van der Waals surface area contributed by atoms with Crippen LogP contribution in [-0.2, 0) is 29.2 Å². The second-order valence-electron chi connectivity index (χ2n) is 8.67. The van der Waals surface area contributed by atoms with Gasteiger partial charge in [0.05, 0.1) is 13.2 Å². The highest BCUT2D eigenvalue weighted by atomic mass is 32.2. The minimum absolute atomic E-state index is 0.0103. The molecule has 0 fully saturated rings. The van der Waals surface area contributed by atoms with Crippen molar-refractivity contribution >= 4 is 22.1 Å². The van der Waals surface area contributed by atoms with Crippen LogP contribution < -0.4 is 0 Å². The zero-order valence-corrected chi connectivity index (χ0v) is 21.5. The molecule has 2 N–H and O–H groups in total. The van der Waals surface area contributed by atoms with E-state index >= 15 is 0 Å². The number of rotatable bonds is 22. The molecule has 0 aromatic heterocycles. The van der Waals surface area contributed by atoms with Gasteiger partial charge in [0.2, 0.25) is 5.25 Å². The Bertz CT molecular complexity index is 606. The average Bonchev–Trinajstić information content (AvgIpc) is 2.75. The molecule has 0 bridgehead atoms. The lowest BCUT2D eigenvalue weighted by molar-refractivity contribution is -0.159. The largest absolute Gasteiger partial charge is 0.465 e. The second kappa shape index (κ2) is 20.2. The molecule has 9 heteroatoms.